The van der Waals surface area contributed by atoms with Crippen LogP contribution in [0, 0.1) is 0 Å². The average Bonchev–Trinajstić information content (AvgIpc) is 3.33. The molecule has 2 N–H and O–H groups in total. The van der Waals surface area contributed by atoms with Crippen LogP contribution in [0.15, 0.2) is 41.4 Å². The number of aliphatic carboxylic acids is 1. The normalized spacial score (nSPS) is 24.3. The van der Waals surface area contributed by atoms with E-state index in [1.54, 1.807) is 24.9 Å². The summed E-state index contributed by atoms with van der Waals surface area (Å²) in [5, 5.41) is 10.6. The van der Waals surface area contributed by atoms with Crippen molar-refractivity contribution < 1.29 is 32.2 Å². The van der Waals surface area contributed by atoms with Crippen molar-refractivity contribution in [2.75, 3.05) is 25.0 Å². The zero-order valence-corrected chi connectivity index (χ0v) is 16.1. The molecule has 0 radical (unpaired) electrons. The number of carboxylic acids is 1. The second-order valence-electron chi connectivity index (χ2n) is 7.33. The third-order valence-electron chi connectivity index (χ3n) is 4.94. The third-order valence-corrected chi connectivity index (χ3v) is 4.94. The lowest BCUT2D eigenvalue weighted by Gasteiger charge is -2.39. The molecule has 2 aromatic rings. The molecule has 164 valence electrons. The van der Waals surface area contributed by atoms with Crippen LogP contribution in [-0.4, -0.2) is 63.5 Å². The van der Waals surface area contributed by atoms with Crippen LogP contribution in [0.2, 0.25) is 0 Å². The van der Waals surface area contributed by atoms with Gasteiger partial charge in [-0.15, -0.1) is 0 Å². The van der Waals surface area contributed by atoms with Gasteiger partial charge in [0.2, 0.25) is 0 Å². The van der Waals surface area contributed by atoms with Gasteiger partial charge in [-0.3, -0.25) is 9.88 Å². The van der Waals surface area contributed by atoms with E-state index in [0.29, 0.717) is 6.04 Å². The van der Waals surface area contributed by atoms with E-state index in [-0.39, 0.29) is 5.60 Å². The summed E-state index contributed by atoms with van der Waals surface area (Å²) < 4.78 is 43.4. The Morgan fingerprint density at radius 2 is 2.20 bits per heavy atom. The van der Waals surface area contributed by atoms with Crippen LogP contribution in [-0.2, 0) is 16.1 Å². The number of alkyl halides is 3. The maximum absolute atomic E-state index is 10.6. The van der Waals surface area contributed by atoms with E-state index < -0.39 is 12.1 Å². The molecule has 2 aliphatic heterocycles. The highest BCUT2D eigenvalue weighted by Gasteiger charge is 2.43. The van der Waals surface area contributed by atoms with Crippen molar-refractivity contribution in [2.45, 2.75) is 43.6 Å². The Labute approximate surface area is 171 Å². The zero-order chi connectivity index (χ0) is 21.6. The molecule has 0 saturated carbocycles. The number of ether oxygens (including phenoxy) is 1. The fourth-order valence-corrected chi connectivity index (χ4v) is 3.75. The molecule has 2 fully saturated rings. The van der Waals surface area contributed by atoms with E-state index in [2.05, 4.69) is 20.2 Å². The van der Waals surface area contributed by atoms with E-state index in [1.165, 1.54) is 6.42 Å². The van der Waals surface area contributed by atoms with Crippen molar-refractivity contribution in [3.63, 3.8) is 0 Å². The molecular weight excluding hydrogens is 405 g/mol. The molecule has 2 saturated heterocycles. The van der Waals surface area contributed by atoms with Gasteiger partial charge in [-0.05, 0) is 31.5 Å². The SMILES string of the molecule is O=C(O)C(F)(F)F.c1coc(CN2CCCC3(CC(Nc4cnccn4)CO3)C2)c1. The van der Waals surface area contributed by atoms with Gasteiger partial charge >= 0.3 is 12.1 Å². The summed E-state index contributed by atoms with van der Waals surface area (Å²) >= 11 is 0. The van der Waals surface area contributed by atoms with Crippen molar-refractivity contribution in [1.29, 1.82) is 0 Å². The van der Waals surface area contributed by atoms with Gasteiger partial charge in [0.25, 0.3) is 0 Å². The number of likely N-dealkylation sites (tertiary alicyclic amines) is 1. The predicted molar refractivity (Wildman–Crippen MR) is 99.7 cm³/mol. The second-order valence-corrected chi connectivity index (χ2v) is 7.33. The number of aromatic nitrogens is 2. The summed E-state index contributed by atoms with van der Waals surface area (Å²) in [5.74, 6) is -0.914. The van der Waals surface area contributed by atoms with Crippen LogP contribution < -0.4 is 5.32 Å². The quantitative estimate of drug-likeness (QED) is 0.767. The number of nitrogens with one attached hydrogen (secondary N) is 1. The monoisotopic (exact) mass is 428 g/mol. The van der Waals surface area contributed by atoms with Crippen LogP contribution >= 0.6 is 0 Å². The molecule has 11 heteroatoms. The van der Waals surface area contributed by atoms with E-state index in [4.69, 9.17) is 19.1 Å². The Kier molecular flexibility index (Phi) is 6.93. The topological polar surface area (TPSA) is 101 Å². The molecule has 0 aromatic carbocycles. The Bertz CT molecular complexity index is 804. The fraction of sp³-hybridized carbons (Fsp3) is 0.526. The maximum Gasteiger partial charge on any atom is 0.490 e. The van der Waals surface area contributed by atoms with Gasteiger partial charge in [0.1, 0.15) is 11.6 Å². The lowest BCUT2D eigenvalue weighted by Crippen LogP contribution is -2.47. The molecule has 8 nitrogen and oxygen atoms in total. The van der Waals surface area contributed by atoms with Crippen molar-refractivity contribution in [1.82, 2.24) is 14.9 Å². The average molecular weight is 428 g/mol. The molecule has 0 aliphatic carbocycles. The molecule has 4 rings (SSSR count). The first-order chi connectivity index (χ1) is 14.3. The molecule has 4 heterocycles. The van der Waals surface area contributed by atoms with Crippen LogP contribution in [0.1, 0.15) is 25.0 Å². The largest absolute Gasteiger partial charge is 0.490 e. The standard InChI is InChI=1S/C17H22N4O2.C2HF3O2/c1-3-15(22-8-1)11-21-7-2-4-17(13-21)9-14(12-23-17)20-16-10-18-5-6-19-16;3-2(4,5)1(6)7/h1,3,5-6,8,10,14H,2,4,7,9,11-13H2,(H,19,20);(H,6,7). The molecule has 0 bridgehead atoms. The minimum atomic E-state index is -5.08. The van der Waals surface area contributed by atoms with E-state index in [1.807, 2.05) is 12.1 Å². The second kappa shape index (κ2) is 9.43. The van der Waals surface area contributed by atoms with E-state index >= 15 is 0 Å². The van der Waals surface area contributed by atoms with Crippen LogP contribution in [0.25, 0.3) is 0 Å². The number of carboxylic acid groups (broad SMARTS) is 1. The molecule has 2 atom stereocenters. The van der Waals surface area contributed by atoms with Crippen LogP contribution in [0.4, 0.5) is 19.0 Å². The van der Waals surface area contributed by atoms with Gasteiger partial charge < -0.3 is 19.6 Å². The summed E-state index contributed by atoms with van der Waals surface area (Å²) in [4.78, 5) is 19.7. The fourth-order valence-electron chi connectivity index (χ4n) is 3.75. The first kappa shape index (κ1) is 22.0. The molecule has 2 unspecified atom stereocenters. The van der Waals surface area contributed by atoms with Gasteiger partial charge in [-0.1, -0.05) is 0 Å². The molecule has 30 heavy (non-hydrogen) atoms. The number of carbonyl (C=O) groups is 1. The Morgan fingerprint density at radius 1 is 1.40 bits per heavy atom. The van der Waals surface area contributed by atoms with Crippen LogP contribution in [0.3, 0.4) is 0 Å². The number of rotatable bonds is 4. The van der Waals surface area contributed by atoms with Crippen LogP contribution in [0.5, 0.6) is 0 Å². The Balaban J connectivity index is 0.000000318. The predicted octanol–water partition coefficient (Wildman–Crippen LogP) is 2.94. The smallest absolute Gasteiger partial charge is 0.475 e. The van der Waals surface area contributed by atoms with Gasteiger partial charge in [-0.2, -0.15) is 13.2 Å². The summed E-state index contributed by atoms with van der Waals surface area (Å²) in [7, 11) is 0. The van der Waals surface area contributed by atoms with Gasteiger partial charge in [0.05, 0.1) is 37.3 Å². The first-order valence-electron chi connectivity index (χ1n) is 9.47. The number of piperidine rings is 1. The lowest BCUT2D eigenvalue weighted by molar-refractivity contribution is -0.192. The number of hydrogen-bond donors (Lipinski definition) is 2. The first-order valence-corrected chi connectivity index (χ1v) is 9.47. The molecule has 1 spiro atoms. The van der Waals surface area contributed by atoms with Crippen molar-refractivity contribution in [3.05, 3.63) is 42.7 Å². The van der Waals surface area contributed by atoms with Crippen molar-refractivity contribution in [2.24, 2.45) is 0 Å². The highest BCUT2D eigenvalue weighted by molar-refractivity contribution is 5.73. The minimum absolute atomic E-state index is 0.0370. The minimum Gasteiger partial charge on any atom is -0.475 e. The molecule has 0 amide bonds. The zero-order valence-electron chi connectivity index (χ0n) is 16.1. The van der Waals surface area contributed by atoms with E-state index in [9.17, 15) is 13.2 Å². The summed E-state index contributed by atoms with van der Waals surface area (Å²) in [5.41, 5.74) is -0.0370. The third kappa shape index (κ3) is 6.17. The number of furan rings is 1. The van der Waals surface area contributed by atoms with Gasteiger partial charge in [0, 0.05) is 25.4 Å². The van der Waals surface area contributed by atoms with Gasteiger partial charge in [0.15, 0.2) is 0 Å². The summed E-state index contributed by atoms with van der Waals surface area (Å²) in [6.45, 7) is 3.66. The number of halogens is 3. The number of nitrogens with zero attached hydrogens (tertiary/aromatic N) is 3. The maximum atomic E-state index is 10.6. The van der Waals surface area contributed by atoms with Gasteiger partial charge in [-0.25, -0.2) is 9.78 Å². The molecule has 2 aliphatic rings. The number of anilines is 1. The lowest BCUT2D eigenvalue weighted by atomic mass is 9.88. The highest BCUT2D eigenvalue weighted by atomic mass is 19.4. The van der Waals surface area contributed by atoms with Crippen molar-refractivity contribution >= 4 is 11.8 Å². The molecule has 2 aromatic heterocycles. The summed E-state index contributed by atoms with van der Waals surface area (Å²) in [6, 6.07) is 4.28. The molecular formula is C19H23F3N4O4. The number of hydrogen-bond acceptors (Lipinski definition) is 7. The van der Waals surface area contributed by atoms with E-state index in [0.717, 1.165) is 50.7 Å². The van der Waals surface area contributed by atoms with Crippen molar-refractivity contribution in [3.8, 4) is 0 Å². The summed E-state index contributed by atoms with van der Waals surface area (Å²) in [6.07, 6.45) is 5.11. The Morgan fingerprint density at radius 3 is 2.83 bits per heavy atom. The highest BCUT2D eigenvalue weighted by Crippen LogP contribution is 2.36. The Hall–Kier alpha value is -2.66.